The molecule has 0 spiro atoms. The van der Waals surface area contributed by atoms with E-state index in [2.05, 4.69) is 10.1 Å². The van der Waals surface area contributed by atoms with E-state index in [9.17, 15) is 13.9 Å². The number of hydrogen-bond acceptors (Lipinski definition) is 6. The van der Waals surface area contributed by atoms with Crippen molar-refractivity contribution in [3.63, 3.8) is 0 Å². The fourth-order valence-corrected chi connectivity index (χ4v) is 2.11. The first-order valence-corrected chi connectivity index (χ1v) is 7.11. The molecule has 1 atom stereocenters. The van der Waals surface area contributed by atoms with Gasteiger partial charge in [0.2, 0.25) is 5.89 Å². The SMILES string of the molecule is COCCc1noc(CN(C)CC(O)c2cc(F)ccc2F)n1. The first-order valence-electron chi connectivity index (χ1n) is 7.11. The third kappa shape index (κ3) is 5.05. The maximum absolute atomic E-state index is 13.6. The Balaban J connectivity index is 1.92. The minimum atomic E-state index is -1.16. The lowest BCUT2D eigenvalue weighted by Gasteiger charge is -2.19. The predicted molar refractivity (Wildman–Crippen MR) is 77.5 cm³/mol. The molecule has 1 unspecified atom stereocenters. The van der Waals surface area contributed by atoms with E-state index in [4.69, 9.17) is 9.26 Å². The molecular formula is C15H19F2N3O3. The predicted octanol–water partition coefficient (Wildman–Crippen LogP) is 1.70. The van der Waals surface area contributed by atoms with Gasteiger partial charge in [0.05, 0.1) is 19.3 Å². The Bertz CT molecular complexity index is 636. The quantitative estimate of drug-likeness (QED) is 0.796. The molecule has 0 saturated heterocycles. The van der Waals surface area contributed by atoms with Gasteiger partial charge in [0.1, 0.15) is 11.6 Å². The third-order valence-corrected chi connectivity index (χ3v) is 3.25. The molecule has 8 heteroatoms. The summed E-state index contributed by atoms with van der Waals surface area (Å²) in [4.78, 5) is 5.87. The van der Waals surface area contributed by atoms with E-state index in [0.717, 1.165) is 18.2 Å². The molecular weight excluding hydrogens is 308 g/mol. The Morgan fingerprint density at radius 3 is 2.91 bits per heavy atom. The molecule has 0 radical (unpaired) electrons. The Kier molecular flexibility index (Phi) is 6.14. The van der Waals surface area contributed by atoms with Crippen molar-refractivity contribution in [2.75, 3.05) is 27.3 Å². The summed E-state index contributed by atoms with van der Waals surface area (Å²) in [7, 11) is 3.29. The molecule has 1 N–H and O–H groups in total. The zero-order valence-corrected chi connectivity index (χ0v) is 13.0. The molecule has 0 saturated carbocycles. The summed E-state index contributed by atoms with van der Waals surface area (Å²) in [6.45, 7) is 0.872. The van der Waals surface area contributed by atoms with Crippen LogP contribution in [0, 0.1) is 11.6 Å². The second-order valence-corrected chi connectivity index (χ2v) is 5.23. The molecule has 126 valence electrons. The van der Waals surface area contributed by atoms with Crippen LogP contribution in [0.3, 0.4) is 0 Å². The molecule has 2 aromatic rings. The molecule has 6 nitrogen and oxygen atoms in total. The zero-order chi connectivity index (χ0) is 16.8. The third-order valence-electron chi connectivity index (χ3n) is 3.25. The molecule has 0 amide bonds. The maximum Gasteiger partial charge on any atom is 0.240 e. The minimum absolute atomic E-state index is 0.0804. The molecule has 1 aromatic heterocycles. The fourth-order valence-electron chi connectivity index (χ4n) is 2.11. The summed E-state index contributed by atoms with van der Waals surface area (Å²) in [6.07, 6.45) is -0.618. The number of aromatic nitrogens is 2. The highest BCUT2D eigenvalue weighted by molar-refractivity contribution is 5.21. The van der Waals surface area contributed by atoms with Gasteiger partial charge < -0.3 is 14.4 Å². The van der Waals surface area contributed by atoms with Gasteiger partial charge in [-0.05, 0) is 25.2 Å². The molecule has 2 rings (SSSR count). The lowest BCUT2D eigenvalue weighted by molar-refractivity contribution is 0.114. The molecule has 1 heterocycles. The normalized spacial score (nSPS) is 12.8. The summed E-state index contributed by atoms with van der Waals surface area (Å²) in [5.41, 5.74) is -0.0804. The van der Waals surface area contributed by atoms with Gasteiger partial charge in [-0.2, -0.15) is 4.98 Å². The number of halogens is 2. The van der Waals surface area contributed by atoms with Gasteiger partial charge in [0.15, 0.2) is 5.82 Å². The Hall–Kier alpha value is -1.90. The Morgan fingerprint density at radius 2 is 2.17 bits per heavy atom. The van der Waals surface area contributed by atoms with Crippen LogP contribution in [0.1, 0.15) is 23.4 Å². The number of rotatable bonds is 8. The van der Waals surface area contributed by atoms with Crippen LogP contribution >= 0.6 is 0 Å². The van der Waals surface area contributed by atoms with Crippen molar-refractivity contribution in [2.24, 2.45) is 0 Å². The number of nitrogens with zero attached hydrogens (tertiary/aromatic N) is 3. The van der Waals surface area contributed by atoms with E-state index in [1.54, 1.807) is 19.1 Å². The minimum Gasteiger partial charge on any atom is -0.387 e. The molecule has 0 aliphatic heterocycles. The second kappa shape index (κ2) is 8.09. The van der Waals surface area contributed by atoms with Crippen LogP contribution in [0.4, 0.5) is 8.78 Å². The molecule has 1 aromatic carbocycles. The number of hydrogen-bond donors (Lipinski definition) is 1. The average molecular weight is 327 g/mol. The topological polar surface area (TPSA) is 71.6 Å². The van der Waals surface area contributed by atoms with Gasteiger partial charge in [0.25, 0.3) is 0 Å². The number of ether oxygens (including phenoxy) is 1. The standard InChI is InChI=1S/C15H19F2N3O3/c1-20(9-15-18-14(19-23-15)5-6-22-2)8-13(21)11-7-10(16)3-4-12(11)17/h3-4,7,13,21H,5-6,8-9H2,1-2H3. The number of likely N-dealkylation sites (N-methyl/N-ethyl adjacent to an activating group) is 1. The van der Waals surface area contributed by atoms with Crippen molar-refractivity contribution in [2.45, 2.75) is 19.1 Å². The first-order chi connectivity index (χ1) is 11.0. The second-order valence-electron chi connectivity index (χ2n) is 5.23. The van der Waals surface area contributed by atoms with E-state index in [1.807, 2.05) is 0 Å². The van der Waals surface area contributed by atoms with Gasteiger partial charge in [0, 0.05) is 25.6 Å². The molecule has 23 heavy (non-hydrogen) atoms. The van der Waals surface area contributed by atoms with Crippen molar-refractivity contribution < 1.29 is 23.1 Å². The van der Waals surface area contributed by atoms with E-state index >= 15 is 0 Å². The highest BCUT2D eigenvalue weighted by atomic mass is 19.1. The van der Waals surface area contributed by atoms with Crippen LogP contribution in [-0.4, -0.2) is 47.5 Å². The molecule has 0 bridgehead atoms. The largest absolute Gasteiger partial charge is 0.387 e. The lowest BCUT2D eigenvalue weighted by Crippen LogP contribution is -2.25. The zero-order valence-electron chi connectivity index (χ0n) is 13.0. The number of aliphatic hydroxyl groups is 1. The van der Waals surface area contributed by atoms with Gasteiger partial charge in [-0.1, -0.05) is 5.16 Å². The number of methoxy groups -OCH3 is 1. The number of aliphatic hydroxyl groups excluding tert-OH is 1. The lowest BCUT2D eigenvalue weighted by atomic mass is 10.1. The van der Waals surface area contributed by atoms with E-state index in [-0.39, 0.29) is 18.7 Å². The summed E-state index contributed by atoms with van der Waals surface area (Å²) < 4.78 is 36.8. The van der Waals surface area contributed by atoms with Gasteiger partial charge >= 0.3 is 0 Å². The van der Waals surface area contributed by atoms with Crippen LogP contribution in [0.25, 0.3) is 0 Å². The highest BCUT2D eigenvalue weighted by Crippen LogP contribution is 2.19. The van der Waals surface area contributed by atoms with Crippen LogP contribution in [0.2, 0.25) is 0 Å². The van der Waals surface area contributed by atoms with Gasteiger partial charge in [-0.15, -0.1) is 0 Å². The molecule has 0 fully saturated rings. The smallest absolute Gasteiger partial charge is 0.240 e. The number of benzene rings is 1. The van der Waals surface area contributed by atoms with Crippen molar-refractivity contribution >= 4 is 0 Å². The molecule has 0 aliphatic rings. The average Bonchev–Trinajstić information content (AvgIpc) is 2.94. The van der Waals surface area contributed by atoms with Crippen LogP contribution < -0.4 is 0 Å². The summed E-state index contributed by atoms with van der Waals surface area (Å²) in [5.74, 6) is -0.327. The van der Waals surface area contributed by atoms with Gasteiger partial charge in [-0.3, -0.25) is 4.90 Å². The van der Waals surface area contributed by atoms with E-state index < -0.39 is 17.7 Å². The highest BCUT2D eigenvalue weighted by Gasteiger charge is 2.17. The first kappa shape index (κ1) is 17.5. The van der Waals surface area contributed by atoms with E-state index in [0.29, 0.717) is 24.7 Å². The van der Waals surface area contributed by atoms with Crippen molar-refractivity contribution in [3.8, 4) is 0 Å². The summed E-state index contributed by atoms with van der Waals surface area (Å²) in [5, 5.41) is 13.9. The van der Waals surface area contributed by atoms with Crippen molar-refractivity contribution in [1.29, 1.82) is 0 Å². The summed E-state index contributed by atoms with van der Waals surface area (Å²) in [6, 6.07) is 2.99. The van der Waals surface area contributed by atoms with Crippen LogP contribution in [-0.2, 0) is 17.7 Å². The summed E-state index contributed by atoms with van der Waals surface area (Å²) >= 11 is 0. The molecule has 0 aliphatic carbocycles. The van der Waals surface area contributed by atoms with Crippen molar-refractivity contribution in [1.82, 2.24) is 15.0 Å². The van der Waals surface area contributed by atoms with Crippen molar-refractivity contribution in [3.05, 3.63) is 47.1 Å². The fraction of sp³-hybridized carbons (Fsp3) is 0.467. The monoisotopic (exact) mass is 327 g/mol. The van der Waals surface area contributed by atoms with Crippen LogP contribution in [0.5, 0.6) is 0 Å². The maximum atomic E-state index is 13.6. The van der Waals surface area contributed by atoms with Gasteiger partial charge in [-0.25, -0.2) is 8.78 Å². The Morgan fingerprint density at radius 1 is 1.39 bits per heavy atom. The Labute approximate surface area is 132 Å². The van der Waals surface area contributed by atoms with Crippen LogP contribution in [0.15, 0.2) is 22.7 Å². The van der Waals surface area contributed by atoms with E-state index in [1.165, 1.54) is 0 Å².